The van der Waals surface area contributed by atoms with Gasteiger partial charge < -0.3 is 26.2 Å². The smallest absolute Gasteiger partial charge is 0.251 e. The molecule has 3 aromatic carbocycles. The number of halogens is 2. The van der Waals surface area contributed by atoms with E-state index in [1.807, 2.05) is 45.0 Å². The van der Waals surface area contributed by atoms with Crippen LogP contribution in [0.25, 0.3) is 0 Å². The number of sulfone groups is 1. The summed E-state index contributed by atoms with van der Waals surface area (Å²) in [4.78, 5) is 28.8. The van der Waals surface area contributed by atoms with Crippen molar-refractivity contribution in [2.45, 2.75) is 83.2 Å². The molecule has 0 aliphatic rings. The Morgan fingerprint density at radius 3 is 2.14 bits per heavy atom. The summed E-state index contributed by atoms with van der Waals surface area (Å²) in [6.45, 7) is 5.15. The maximum atomic E-state index is 14.4. The Labute approximate surface area is 288 Å². The van der Waals surface area contributed by atoms with Crippen LogP contribution in [0.15, 0.2) is 66.7 Å². The van der Waals surface area contributed by atoms with Gasteiger partial charge in [-0.2, -0.15) is 0 Å². The molecule has 0 bridgehead atoms. The SMILES string of the molecule is CCCC(CCC)S(=O)(=O)C[C@@H](CNC(=O)c1cccc(O)c1)C(=O)N(Cc1cccc(CC)c1)C[C@@H](O)[C@@H](N)Cc1cc(F)cc(F)c1. The minimum atomic E-state index is -3.82. The van der Waals surface area contributed by atoms with E-state index in [1.54, 1.807) is 0 Å². The number of aryl methyl sites for hydroxylation is 1. The number of phenols is 1. The molecule has 3 atom stereocenters. The Morgan fingerprint density at radius 2 is 1.53 bits per heavy atom. The number of aromatic hydroxyl groups is 1. The first-order chi connectivity index (χ1) is 23.3. The summed E-state index contributed by atoms with van der Waals surface area (Å²) in [6.07, 6.45) is 1.42. The van der Waals surface area contributed by atoms with Crippen molar-refractivity contribution < 1.29 is 37.0 Å². The minimum Gasteiger partial charge on any atom is -0.508 e. The van der Waals surface area contributed by atoms with Crippen LogP contribution in [0.5, 0.6) is 5.75 Å². The molecule has 0 unspecified atom stereocenters. The number of carbonyl (C=O) groups is 2. The van der Waals surface area contributed by atoms with Gasteiger partial charge in [0.15, 0.2) is 9.84 Å². The monoisotopic (exact) mass is 701 g/mol. The molecule has 0 spiro atoms. The van der Waals surface area contributed by atoms with E-state index >= 15 is 0 Å². The first-order valence-electron chi connectivity index (χ1n) is 16.8. The Bertz CT molecular complexity index is 1630. The average molecular weight is 702 g/mol. The number of hydrogen-bond donors (Lipinski definition) is 4. The first-order valence-corrected chi connectivity index (χ1v) is 18.5. The van der Waals surface area contributed by atoms with Gasteiger partial charge in [0.2, 0.25) is 5.91 Å². The van der Waals surface area contributed by atoms with Crippen molar-refractivity contribution in [2.24, 2.45) is 11.7 Å². The van der Waals surface area contributed by atoms with Crippen molar-refractivity contribution in [3.63, 3.8) is 0 Å². The second kappa shape index (κ2) is 18.8. The fraction of sp³-hybridized carbons (Fsp3) is 0.459. The fourth-order valence-electron chi connectivity index (χ4n) is 5.90. The molecule has 0 radical (unpaired) electrons. The van der Waals surface area contributed by atoms with E-state index in [9.17, 15) is 37.0 Å². The highest BCUT2D eigenvalue weighted by Gasteiger charge is 2.35. The van der Waals surface area contributed by atoms with Gasteiger partial charge in [0, 0.05) is 37.3 Å². The van der Waals surface area contributed by atoms with Crippen molar-refractivity contribution in [1.82, 2.24) is 10.2 Å². The van der Waals surface area contributed by atoms with Gasteiger partial charge in [-0.1, -0.05) is 63.9 Å². The lowest BCUT2D eigenvalue weighted by Crippen LogP contribution is -2.50. The fourth-order valence-corrected chi connectivity index (χ4v) is 8.19. The van der Waals surface area contributed by atoms with Gasteiger partial charge in [0.1, 0.15) is 17.4 Å². The molecule has 5 N–H and O–H groups in total. The lowest BCUT2D eigenvalue weighted by Gasteiger charge is -2.32. The number of phenolic OH excluding ortho intramolecular Hbond substituents is 1. The second-order valence-corrected chi connectivity index (χ2v) is 14.9. The Hall–Kier alpha value is -3.87. The van der Waals surface area contributed by atoms with E-state index in [0.29, 0.717) is 25.7 Å². The molecule has 268 valence electrons. The number of aliphatic hydroxyl groups is 1. The molecule has 0 aliphatic carbocycles. The molecule has 0 heterocycles. The molecule has 0 aromatic heterocycles. The van der Waals surface area contributed by atoms with Crippen LogP contribution in [0, 0.1) is 17.6 Å². The van der Waals surface area contributed by atoms with Gasteiger partial charge in [-0.05, 0) is 72.7 Å². The van der Waals surface area contributed by atoms with Gasteiger partial charge >= 0.3 is 0 Å². The Balaban J connectivity index is 1.96. The van der Waals surface area contributed by atoms with Crippen LogP contribution in [-0.4, -0.2) is 71.6 Å². The van der Waals surface area contributed by atoms with Gasteiger partial charge in [-0.25, -0.2) is 17.2 Å². The van der Waals surface area contributed by atoms with Crippen LogP contribution in [0.3, 0.4) is 0 Å². The molecule has 49 heavy (non-hydrogen) atoms. The molecule has 3 aromatic rings. The van der Waals surface area contributed by atoms with Crippen molar-refractivity contribution in [3.05, 3.63) is 101 Å². The van der Waals surface area contributed by atoms with E-state index in [4.69, 9.17) is 5.73 Å². The van der Waals surface area contributed by atoms with E-state index in [0.717, 1.165) is 35.7 Å². The number of nitrogens with one attached hydrogen (secondary N) is 1. The molecular formula is C37H49F2N3O6S. The van der Waals surface area contributed by atoms with Crippen LogP contribution < -0.4 is 11.1 Å². The first kappa shape index (κ1) is 39.6. The minimum absolute atomic E-state index is 0.00937. The van der Waals surface area contributed by atoms with Gasteiger partial charge in [0.05, 0.1) is 23.0 Å². The number of benzene rings is 3. The van der Waals surface area contributed by atoms with Gasteiger partial charge in [-0.3, -0.25) is 9.59 Å². The average Bonchev–Trinajstić information content (AvgIpc) is 3.05. The summed E-state index contributed by atoms with van der Waals surface area (Å²) < 4.78 is 55.3. The van der Waals surface area contributed by atoms with Crippen molar-refractivity contribution in [1.29, 1.82) is 0 Å². The Morgan fingerprint density at radius 1 is 0.898 bits per heavy atom. The highest BCUT2D eigenvalue weighted by atomic mass is 32.2. The highest BCUT2D eigenvalue weighted by molar-refractivity contribution is 7.92. The maximum Gasteiger partial charge on any atom is 0.251 e. The third kappa shape index (κ3) is 12.2. The normalized spacial score (nSPS) is 13.6. The number of aliphatic hydroxyl groups excluding tert-OH is 1. The summed E-state index contributed by atoms with van der Waals surface area (Å²) in [7, 11) is -3.82. The van der Waals surface area contributed by atoms with E-state index in [-0.39, 0.29) is 42.9 Å². The number of amides is 2. The van der Waals surface area contributed by atoms with E-state index < -0.39 is 62.4 Å². The molecule has 0 saturated heterocycles. The highest BCUT2D eigenvalue weighted by Crippen LogP contribution is 2.22. The van der Waals surface area contributed by atoms with Crippen molar-refractivity contribution in [2.75, 3.05) is 18.8 Å². The summed E-state index contributed by atoms with van der Waals surface area (Å²) in [5.74, 6) is -4.68. The molecule has 12 heteroatoms. The molecule has 9 nitrogen and oxygen atoms in total. The number of nitrogens with two attached hydrogens (primary N) is 1. The number of hydrogen-bond acceptors (Lipinski definition) is 7. The summed E-state index contributed by atoms with van der Waals surface area (Å²) in [5.41, 5.74) is 8.40. The molecule has 3 rings (SSSR count). The number of carbonyl (C=O) groups excluding carboxylic acids is 2. The lowest BCUT2D eigenvalue weighted by atomic mass is 10.00. The zero-order valence-electron chi connectivity index (χ0n) is 28.4. The zero-order chi connectivity index (χ0) is 36.1. The van der Waals surface area contributed by atoms with Crippen molar-refractivity contribution >= 4 is 21.7 Å². The molecule has 0 fully saturated rings. The topological polar surface area (TPSA) is 150 Å². The van der Waals surface area contributed by atoms with Crippen LogP contribution >= 0.6 is 0 Å². The predicted octanol–water partition coefficient (Wildman–Crippen LogP) is 4.92. The third-order valence-electron chi connectivity index (χ3n) is 8.51. The predicted molar refractivity (Wildman–Crippen MR) is 187 cm³/mol. The Kier molecular flexibility index (Phi) is 15.2. The van der Waals surface area contributed by atoms with Crippen LogP contribution in [0.2, 0.25) is 0 Å². The largest absolute Gasteiger partial charge is 0.508 e. The quantitative estimate of drug-likeness (QED) is 0.139. The lowest BCUT2D eigenvalue weighted by molar-refractivity contribution is -0.137. The molecule has 0 aliphatic heterocycles. The third-order valence-corrected chi connectivity index (χ3v) is 10.9. The number of nitrogens with zero attached hydrogens (tertiary/aromatic N) is 1. The standard InChI is InChI=1S/C37H49F2N3O6S/c1-4-9-33(10-5-2)49(47,48)24-29(21-41-36(45)28-13-8-14-32(43)19-28)37(46)42(22-26-12-7-11-25(6-3)15-26)23-35(44)34(40)18-27-16-30(38)20-31(39)17-27/h7-8,11-17,19-20,29,33-35,43-44H,4-6,9-10,18,21-24,40H2,1-3H3,(H,41,45)/t29-,34+,35-/m1/s1. The molecular weight excluding hydrogens is 652 g/mol. The summed E-state index contributed by atoms with van der Waals surface area (Å²) >= 11 is 0. The van der Waals surface area contributed by atoms with Crippen LogP contribution in [0.4, 0.5) is 8.78 Å². The summed E-state index contributed by atoms with van der Waals surface area (Å²) in [5, 5.41) is 23.1. The van der Waals surface area contributed by atoms with Gasteiger partial charge in [-0.15, -0.1) is 0 Å². The van der Waals surface area contributed by atoms with Gasteiger partial charge in [0.25, 0.3) is 5.91 Å². The van der Waals surface area contributed by atoms with Crippen LogP contribution in [-0.2, 0) is 34.0 Å². The van der Waals surface area contributed by atoms with Crippen molar-refractivity contribution in [3.8, 4) is 5.75 Å². The number of rotatable bonds is 19. The maximum absolute atomic E-state index is 14.4. The second-order valence-electron chi connectivity index (χ2n) is 12.6. The van der Waals surface area contributed by atoms with E-state index in [1.165, 1.54) is 29.2 Å². The van der Waals surface area contributed by atoms with E-state index in [2.05, 4.69) is 5.32 Å². The zero-order valence-corrected chi connectivity index (χ0v) is 29.3. The summed E-state index contributed by atoms with van der Waals surface area (Å²) in [6, 6.07) is 15.1. The molecule has 0 saturated carbocycles. The molecule has 2 amide bonds. The van der Waals surface area contributed by atoms with Crippen LogP contribution in [0.1, 0.15) is 73.5 Å².